The molecule has 0 aliphatic carbocycles. The van der Waals surface area contributed by atoms with Crippen LogP contribution >= 0.6 is 0 Å². The van der Waals surface area contributed by atoms with Crippen LogP contribution in [0.2, 0.25) is 0 Å². The molecule has 18 heavy (non-hydrogen) atoms. The van der Waals surface area contributed by atoms with Crippen LogP contribution in [0.15, 0.2) is 18.2 Å². The standard InChI is InChI=1S/C12H15F2NO3/c1-3-18-12(16)10(14)11(15)9-7(13)5-4-6-8(9)17-2/h4-6,10-11H,3,15H2,1-2H3/t10?,11-/m0/s1. The van der Waals surface area contributed by atoms with Gasteiger partial charge < -0.3 is 15.2 Å². The summed E-state index contributed by atoms with van der Waals surface area (Å²) in [5.41, 5.74) is 5.37. The van der Waals surface area contributed by atoms with Gasteiger partial charge in [0.15, 0.2) is 0 Å². The molecule has 1 aromatic rings. The van der Waals surface area contributed by atoms with Crippen molar-refractivity contribution in [1.29, 1.82) is 0 Å². The summed E-state index contributed by atoms with van der Waals surface area (Å²) in [4.78, 5) is 11.2. The molecule has 0 radical (unpaired) electrons. The van der Waals surface area contributed by atoms with Crippen LogP contribution in [0.3, 0.4) is 0 Å². The molecule has 0 aromatic heterocycles. The summed E-state index contributed by atoms with van der Waals surface area (Å²) in [5, 5.41) is 0. The fourth-order valence-corrected chi connectivity index (χ4v) is 1.53. The maximum atomic E-state index is 13.7. The summed E-state index contributed by atoms with van der Waals surface area (Å²) in [6, 6.07) is 2.49. The first-order valence-corrected chi connectivity index (χ1v) is 5.41. The number of hydrogen-bond acceptors (Lipinski definition) is 4. The molecule has 0 aliphatic heterocycles. The molecule has 0 aliphatic rings. The number of halogens is 2. The number of ether oxygens (including phenoxy) is 2. The number of carbonyl (C=O) groups is 1. The van der Waals surface area contributed by atoms with Gasteiger partial charge in [-0.05, 0) is 19.1 Å². The van der Waals surface area contributed by atoms with Crippen molar-refractivity contribution in [3.8, 4) is 5.75 Å². The van der Waals surface area contributed by atoms with Crippen LogP contribution in [0.5, 0.6) is 5.75 Å². The van der Waals surface area contributed by atoms with E-state index < -0.39 is 24.0 Å². The van der Waals surface area contributed by atoms with E-state index >= 15 is 0 Å². The smallest absolute Gasteiger partial charge is 0.342 e. The average Bonchev–Trinajstić information content (AvgIpc) is 2.36. The van der Waals surface area contributed by atoms with Crippen LogP contribution in [-0.4, -0.2) is 25.9 Å². The minimum atomic E-state index is -2.14. The highest BCUT2D eigenvalue weighted by Crippen LogP contribution is 2.29. The molecular weight excluding hydrogens is 244 g/mol. The fraction of sp³-hybridized carbons (Fsp3) is 0.417. The Hall–Kier alpha value is -1.69. The molecule has 0 fully saturated rings. The van der Waals surface area contributed by atoms with E-state index in [1.54, 1.807) is 6.92 Å². The molecular formula is C12H15F2NO3. The van der Waals surface area contributed by atoms with Gasteiger partial charge in [-0.1, -0.05) is 6.07 Å². The third-order valence-corrected chi connectivity index (χ3v) is 2.39. The topological polar surface area (TPSA) is 61.5 Å². The number of nitrogens with two attached hydrogens (primary N) is 1. The zero-order valence-electron chi connectivity index (χ0n) is 10.2. The average molecular weight is 259 g/mol. The van der Waals surface area contributed by atoms with Gasteiger partial charge in [0.1, 0.15) is 11.6 Å². The second kappa shape index (κ2) is 6.30. The van der Waals surface area contributed by atoms with Gasteiger partial charge in [0, 0.05) is 0 Å². The van der Waals surface area contributed by atoms with Gasteiger partial charge in [0.25, 0.3) is 0 Å². The molecule has 2 N–H and O–H groups in total. The van der Waals surface area contributed by atoms with Gasteiger partial charge in [-0.2, -0.15) is 0 Å². The molecule has 0 saturated carbocycles. The van der Waals surface area contributed by atoms with Crippen LogP contribution in [0.1, 0.15) is 18.5 Å². The SMILES string of the molecule is CCOC(=O)C(F)[C@@H](N)c1c(F)cccc1OC. The minimum Gasteiger partial charge on any atom is -0.496 e. The molecule has 0 amide bonds. The van der Waals surface area contributed by atoms with Crippen LogP contribution in [0.4, 0.5) is 8.78 Å². The predicted octanol–water partition coefficient (Wildman–Crippen LogP) is 1.74. The number of rotatable bonds is 5. The largest absolute Gasteiger partial charge is 0.496 e. The highest BCUT2D eigenvalue weighted by molar-refractivity contribution is 5.76. The zero-order chi connectivity index (χ0) is 13.7. The van der Waals surface area contributed by atoms with Crippen LogP contribution < -0.4 is 10.5 Å². The molecule has 0 bridgehead atoms. The quantitative estimate of drug-likeness (QED) is 0.818. The van der Waals surface area contributed by atoms with E-state index in [1.807, 2.05) is 0 Å². The van der Waals surface area contributed by atoms with Crippen molar-refractivity contribution in [3.05, 3.63) is 29.6 Å². The lowest BCUT2D eigenvalue weighted by Crippen LogP contribution is -2.32. The Balaban J connectivity index is 3.02. The lowest BCUT2D eigenvalue weighted by atomic mass is 10.0. The Morgan fingerprint density at radius 3 is 2.72 bits per heavy atom. The molecule has 1 rings (SSSR count). The lowest BCUT2D eigenvalue weighted by molar-refractivity contribution is -0.150. The highest BCUT2D eigenvalue weighted by atomic mass is 19.1. The van der Waals surface area contributed by atoms with Gasteiger partial charge in [-0.15, -0.1) is 0 Å². The number of esters is 1. The van der Waals surface area contributed by atoms with Gasteiger partial charge in [0.2, 0.25) is 6.17 Å². The minimum absolute atomic E-state index is 0.0282. The summed E-state index contributed by atoms with van der Waals surface area (Å²) >= 11 is 0. The first-order valence-electron chi connectivity index (χ1n) is 5.41. The van der Waals surface area contributed by atoms with E-state index in [0.717, 1.165) is 6.07 Å². The van der Waals surface area contributed by atoms with Crippen LogP contribution in [-0.2, 0) is 9.53 Å². The monoisotopic (exact) mass is 259 g/mol. The summed E-state index contributed by atoms with van der Waals surface area (Å²) in [5.74, 6) is -1.75. The lowest BCUT2D eigenvalue weighted by Gasteiger charge is -2.18. The first kappa shape index (κ1) is 14.4. The van der Waals surface area contributed by atoms with Crippen molar-refractivity contribution in [3.63, 3.8) is 0 Å². The first-order chi connectivity index (χ1) is 8.52. The molecule has 1 unspecified atom stereocenters. The van der Waals surface area contributed by atoms with E-state index in [9.17, 15) is 13.6 Å². The van der Waals surface area contributed by atoms with Gasteiger partial charge in [-0.25, -0.2) is 13.6 Å². The van der Waals surface area contributed by atoms with Crippen molar-refractivity contribution in [2.24, 2.45) is 5.73 Å². The van der Waals surface area contributed by atoms with Gasteiger partial charge in [-0.3, -0.25) is 0 Å². The number of benzene rings is 1. The van der Waals surface area contributed by atoms with E-state index in [1.165, 1.54) is 19.2 Å². The Labute approximate surface area is 104 Å². The highest BCUT2D eigenvalue weighted by Gasteiger charge is 2.31. The molecule has 4 nitrogen and oxygen atoms in total. The Bertz CT molecular complexity index is 426. The van der Waals surface area contributed by atoms with Crippen LogP contribution in [0, 0.1) is 5.82 Å². The molecule has 0 spiro atoms. The summed E-state index contributed by atoms with van der Waals surface area (Å²) < 4.78 is 36.8. The fourth-order valence-electron chi connectivity index (χ4n) is 1.53. The van der Waals surface area contributed by atoms with E-state index in [-0.39, 0.29) is 17.9 Å². The van der Waals surface area contributed by atoms with Crippen molar-refractivity contribution < 1.29 is 23.0 Å². The number of carbonyl (C=O) groups excluding carboxylic acids is 1. The molecule has 0 heterocycles. The normalized spacial score (nSPS) is 13.8. The second-order valence-corrected chi connectivity index (χ2v) is 3.54. The van der Waals surface area contributed by atoms with Crippen molar-refractivity contribution >= 4 is 5.97 Å². The van der Waals surface area contributed by atoms with E-state index in [4.69, 9.17) is 10.5 Å². The maximum Gasteiger partial charge on any atom is 0.342 e. The van der Waals surface area contributed by atoms with E-state index in [2.05, 4.69) is 4.74 Å². The predicted molar refractivity (Wildman–Crippen MR) is 61.4 cm³/mol. The summed E-state index contributed by atoms with van der Waals surface area (Å²) in [7, 11) is 1.31. The van der Waals surface area contributed by atoms with Crippen molar-refractivity contribution in [2.75, 3.05) is 13.7 Å². The summed E-state index contributed by atoms with van der Waals surface area (Å²) in [6.45, 7) is 1.57. The molecule has 0 saturated heterocycles. The number of methoxy groups -OCH3 is 1. The van der Waals surface area contributed by atoms with Gasteiger partial charge >= 0.3 is 5.97 Å². The molecule has 6 heteroatoms. The zero-order valence-corrected chi connectivity index (χ0v) is 10.2. The Kier molecular flexibility index (Phi) is 5.03. The number of hydrogen-bond donors (Lipinski definition) is 1. The van der Waals surface area contributed by atoms with Crippen molar-refractivity contribution in [2.45, 2.75) is 19.1 Å². The molecule has 1 aromatic carbocycles. The Morgan fingerprint density at radius 2 is 2.17 bits per heavy atom. The molecule has 2 atom stereocenters. The Morgan fingerprint density at radius 1 is 1.50 bits per heavy atom. The van der Waals surface area contributed by atoms with Gasteiger partial charge in [0.05, 0.1) is 25.3 Å². The van der Waals surface area contributed by atoms with Crippen LogP contribution in [0.25, 0.3) is 0 Å². The molecule has 100 valence electrons. The van der Waals surface area contributed by atoms with E-state index in [0.29, 0.717) is 0 Å². The third kappa shape index (κ3) is 2.95. The maximum absolute atomic E-state index is 13.7. The summed E-state index contributed by atoms with van der Waals surface area (Å²) in [6.07, 6.45) is -2.14. The third-order valence-electron chi connectivity index (χ3n) is 2.39. The van der Waals surface area contributed by atoms with Crippen molar-refractivity contribution in [1.82, 2.24) is 0 Å². The number of alkyl halides is 1. The second-order valence-electron chi connectivity index (χ2n) is 3.54.